The molecule has 0 saturated heterocycles. The average Bonchev–Trinajstić information content (AvgIpc) is 3.05. The fourth-order valence-electron chi connectivity index (χ4n) is 1.98. The van der Waals surface area contributed by atoms with Crippen molar-refractivity contribution in [1.29, 1.82) is 0 Å². The number of nitrogens with two attached hydrogens (primary N) is 1. The SMILES string of the molecule is COC(=O)c1ncsc1S(=O)(=O)N(CCN)Cc1ccccc1.Cl. The molecule has 2 rings (SSSR count). The van der Waals surface area contributed by atoms with Gasteiger partial charge in [0, 0.05) is 19.6 Å². The molecule has 0 radical (unpaired) electrons. The van der Waals surface area contributed by atoms with Crippen LogP contribution >= 0.6 is 23.7 Å². The number of nitrogens with zero attached hydrogens (tertiary/aromatic N) is 2. The zero-order chi connectivity index (χ0) is 16.9. The van der Waals surface area contributed by atoms with Gasteiger partial charge in [-0.3, -0.25) is 0 Å². The highest BCUT2D eigenvalue weighted by molar-refractivity contribution is 7.91. The zero-order valence-electron chi connectivity index (χ0n) is 12.9. The number of rotatable bonds is 7. The van der Waals surface area contributed by atoms with Crippen molar-refractivity contribution in [3.05, 3.63) is 47.1 Å². The summed E-state index contributed by atoms with van der Waals surface area (Å²) >= 11 is 0.883. The van der Waals surface area contributed by atoms with Gasteiger partial charge in [0.2, 0.25) is 0 Å². The molecule has 0 fully saturated rings. The van der Waals surface area contributed by atoms with Gasteiger partial charge >= 0.3 is 5.97 Å². The van der Waals surface area contributed by atoms with Gasteiger partial charge < -0.3 is 10.5 Å². The number of sulfonamides is 1. The normalized spacial score (nSPS) is 11.1. The van der Waals surface area contributed by atoms with E-state index in [2.05, 4.69) is 9.72 Å². The number of hydrogen-bond donors (Lipinski definition) is 1. The molecule has 7 nitrogen and oxygen atoms in total. The third-order valence-corrected chi connectivity index (χ3v) is 6.26. The van der Waals surface area contributed by atoms with Gasteiger partial charge in [-0.1, -0.05) is 30.3 Å². The Morgan fingerprint density at radius 1 is 1.33 bits per heavy atom. The van der Waals surface area contributed by atoms with Gasteiger partial charge in [-0.25, -0.2) is 18.2 Å². The molecular weight excluding hydrogens is 374 g/mol. The number of esters is 1. The van der Waals surface area contributed by atoms with E-state index in [1.54, 1.807) is 0 Å². The molecule has 1 heterocycles. The topological polar surface area (TPSA) is 103 Å². The number of hydrogen-bond acceptors (Lipinski definition) is 7. The third kappa shape index (κ3) is 4.52. The third-order valence-electron chi connectivity index (χ3n) is 3.07. The summed E-state index contributed by atoms with van der Waals surface area (Å²) in [6, 6.07) is 9.16. The number of halogens is 1. The van der Waals surface area contributed by atoms with E-state index < -0.39 is 16.0 Å². The molecule has 0 aliphatic heterocycles. The molecule has 0 aliphatic rings. The monoisotopic (exact) mass is 391 g/mol. The first-order valence-electron chi connectivity index (χ1n) is 6.76. The van der Waals surface area contributed by atoms with Crippen LogP contribution in [0.25, 0.3) is 0 Å². The van der Waals surface area contributed by atoms with Crippen molar-refractivity contribution in [2.24, 2.45) is 5.73 Å². The van der Waals surface area contributed by atoms with Crippen LogP contribution in [0.15, 0.2) is 40.1 Å². The van der Waals surface area contributed by atoms with Crippen molar-refractivity contribution in [3.8, 4) is 0 Å². The van der Waals surface area contributed by atoms with Crippen LogP contribution in [-0.4, -0.2) is 43.9 Å². The minimum absolute atomic E-state index is 0. The number of methoxy groups -OCH3 is 1. The van der Waals surface area contributed by atoms with Gasteiger partial charge in [0.15, 0.2) is 9.90 Å². The zero-order valence-corrected chi connectivity index (χ0v) is 15.4. The lowest BCUT2D eigenvalue weighted by atomic mass is 10.2. The molecule has 1 aromatic heterocycles. The minimum Gasteiger partial charge on any atom is -0.464 e. The van der Waals surface area contributed by atoms with E-state index in [0.29, 0.717) is 0 Å². The second-order valence-electron chi connectivity index (χ2n) is 4.59. The first kappa shape index (κ1) is 20.5. The summed E-state index contributed by atoms with van der Waals surface area (Å²) in [5.41, 5.74) is 7.48. The van der Waals surface area contributed by atoms with Crippen LogP contribution in [-0.2, 0) is 21.3 Å². The Kier molecular flexibility index (Phi) is 7.77. The maximum atomic E-state index is 12.9. The lowest BCUT2D eigenvalue weighted by molar-refractivity contribution is 0.0590. The largest absolute Gasteiger partial charge is 0.464 e. The molecule has 2 N–H and O–H groups in total. The molecule has 0 aliphatic carbocycles. The lowest BCUT2D eigenvalue weighted by Gasteiger charge is -2.21. The minimum atomic E-state index is -3.90. The van der Waals surface area contributed by atoms with Gasteiger partial charge in [0.1, 0.15) is 0 Å². The van der Waals surface area contributed by atoms with Crippen molar-refractivity contribution in [2.75, 3.05) is 20.2 Å². The number of benzene rings is 1. The van der Waals surface area contributed by atoms with Gasteiger partial charge in [0.25, 0.3) is 10.0 Å². The highest BCUT2D eigenvalue weighted by Gasteiger charge is 2.31. The van der Waals surface area contributed by atoms with Crippen LogP contribution < -0.4 is 5.73 Å². The molecule has 0 atom stereocenters. The summed E-state index contributed by atoms with van der Waals surface area (Å²) in [5, 5.41) is 0. The second-order valence-corrected chi connectivity index (χ2v) is 7.58. The summed E-state index contributed by atoms with van der Waals surface area (Å²) in [5.74, 6) is -0.780. The molecule has 0 saturated carbocycles. The van der Waals surface area contributed by atoms with Crippen molar-refractivity contribution >= 4 is 39.7 Å². The van der Waals surface area contributed by atoms with E-state index in [1.807, 2.05) is 30.3 Å². The predicted octanol–water partition coefficient (Wildman–Crippen LogP) is 1.50. The van der Waals surface area contributed by atoms with Crippen LogP contribution in [0.2, 0.25) is 0 Å². The van der Waals surface area contributed by atoms with Crippen molar-refractivity contribution in [2.45, 2.75) is 10.8 Å². The highest BCUT2D eigenvalue weighted by atomic mass is 35.5. The van der Waals surface area contributed by atoms with Crippen LogP contribution in [0.5, 0.6) is 0 Å². The average molecular weight is 392 g/mol. The van der Waals surface area contributed by atoms with Crippen molar-refractivity contribution in [3.63, 3.8) is 0 Å². The molecule has 10 heteroatoms. The molecule has 1 aromatic carbocycles. The fourth-order valence-corrected chi connectivity index (χ4v) is 4.70. The summed E-state index contributed by atoms with van der Waals surface area (Å²) < 4.78 is 31.4. The lowest BCUT2D eigenvalue weighted by Crippen LogP contribution is -2.35. The van der Waals surface area contributed by atoms with Gasteiger partial charge in [-0.05, 0) is 5.56 Å². The maximum Gasteiger partial charge on any atom is 0.358 e. The molecule has 2 aromatic rings. The van der Waals surface area contributed by atoms with E-state index in [4.69, 9.17) is 5.73 Å². The Labute approximate surface area is 150 Å². The number of aromatic nitrogens is 1. The predicted molar refractivity (Wildman–Crippen MR) is 93.8 cm³/mol. The molecule has 0 amide bonds. The number of carbonyl (C=O) groups excluding carboxylic acids is 1. The van der Waals surface area contributed by atoms with Crippen molar-refractivity contribution < 1.29 is 17.9 Å². The van der Waals surface area contributed by atoms with Crippen LogP contribution in [0.3, 0.4) is 0 Å². The highest BCUT2D eigenvalue weighted by Crippen LogP contribution is 2.25. The summed E-state index contributed by atoms with van der Waals surface area (Å²) in [7, 11) is -2.72. The van der Waals surface area contributed by atoms with Crippen molar-refractivity contribution in [1.82, 2.24) is 9.29 Å². The van der Waals surface area contributed by atoms with E-state index in [9.17, 15) is 13.2 Å². The van der Waals surface area contributed by atoms with E-state index >= 15 is 0 Å². The summed E-state index contributed by atoms with van der Waals surface area (Å²) in [6.45, 7) is 0.465. The Bertz CT molecular complexity index is 765. The van der Waals surface area contributed by atoms with Gasteiger partial charge in [-0.2, -0.15) is 4.31 Å². The first-order valence-corrected chi connectivity index (χ1v) is 9.08. The number of carbonyl (C=O) groups is 1. The molecule has 0 unspecified atom stereocenters. The van der Waals surface area contributed by atoms with Crippen LogP contribution in [0.1, 0.15) is 16.1 Å². The quantitative estimate of drug-likeness (QED) is 0.717. The second kappa shape index (κ2) is 9.09. The Morgan fingerprint density at radius 2 is 2.00 bits per heavy atom. The van der Waals surface area contributed by atoms with Gasteiger partial charge in [0.05, 0.1) is 12.6 Å². The summed E-state index contributed by atoms with van der Waals surface area (Å²) in [4.78, 5) is 15.5. The molecule has 0 spiro atoms. The fraction of sp³-hybridized carbons (Fsp3) is 0.286. The molecule has 24 heavy (non-hydrogen) atoms. The standard InChI is InChI=1S/C14H17N3O4S2.ClH/c1-21-13(18)12-14(22-10-16-12)23(19,20)17(8-7-15)9-11-5-3-2-4-6-11;/h2-6,10H,7-9,15H2,1H3;1H. The Morgan fingerprint density at radius 3 is 2.58 bits per heavy atom. The van der Waals surface area contributed by atoms with Crippen LogP contribution in [0.4, 0.5) is 0 Å². The number of ether oxygens (including phenoxy) is 1. The number of thiazole rings is 1. The summed E-state index contributed by atoms with van der Waals surface area (Å²) in [6.07, 6.45) is 0. The van der Waals surface area contributed by atoms with E-state index in [1.165, 1.54) is 16.9 Å². The molecular formula is C14H18ClN3O4S2. The van der Waals surface area contributed by atoms with Gasteiger partial charge in [-0.15, -0.1) is 23.7 Å². The van der Waals surface area contributed by atoms with E-state index in [0.717, 1.165) is 16.9 Å². The molecule has 132 valence electrons. The van der Waals surface area contributed by atoms with E-state index in [-0.39, 0.29) is 41.9 Å². The maximum absolute atomic E-state index is 12.9. The Hall–Kier alpha value is -1.52. The Balaban J connectivity index is 0.00000288. The smallest absolute Gasteiger partial charge is 0.358 e. The van der Waals surface area contributed by atoms with Crippen LogP contribution in [0, 0.1) is 0 Å². The molecule has 0 bridgehead atoms. The first-order chi connectivity index (χ1) is 11.0.